The molecule has 24 heavy (non-hydrogen) atoms. The van der Waals surface area contributed by atoms with Crippen LogP contribution in [0.3, 0.4) is 0 Å². The maximum absolute atomic E-state index is 13.0. The Bertz CT molecular complexity index is 565. The molecule has 0 bridgehead atoms. The van der Waals surface area contributed by atoms with E-state index in [4.69, 9.17) is 4.74 Å². The van der Waals surface area contributed by atoms with Crippen LogP contribution in [0.2, 0.25) is 0 Å². The summed E-state index contributed by atoms with van der Waals surface area (Å²) in [7, 11) is 1.89. The Kier molecular flexibility index (Phi) is 4.74. The quantitative estimate of drug-likeness (QED) is 0.767. The van der Waals surface area contributed by atoms with E-state index in [1.807, 2.05) is 32.7 Å². The molecule has 7 nitrogen and oxygen atoms in total. The van der Waals surface area contributed by atoms with Crippen molar-refractivity contribution in [3.05, 3.63) is 11.4 Å². The van der Waals surface area contributed by atoms with Gasteiger partial charge < -0.3 is 25.0 Å². The van der Waals surface area contributed by atoms with Crippen molar-refractivity contribution in [3.8, 4) is 0 Å². The minimum Gasteiger partial charge on any atom is -0.465 e. The van der Waals surface area contributed by atoms with Crippen LogP contribution in [0.15, 0.2) is 11.4 Å². The minimum atomic E-state index is -0.972. The SMILES string of the molecule is CC(C)CC1(C(=O)OC(C)(C)C)NC2=C(CCN(C(=O)O)C2)N1C. The summed E-state index contributed by atoms with van der Waals surface area (Å²) in [6.45, 7) is 10.4. The number of rotatable bonds is 3. The predicted molar refractivity (Wildman–Crippen MR) is 90.2 cm³/mol. The number of hydrogen-bond acceptors (Lipinski definition) is 5. The highest BCUT2D eigenvalue weighted by atomic mass is 16.6. The van der Waals surface area contributed by atoms with Gasteiger partial charge in [-0.15, -0.1) is 0 Å². The van der Waals surface area contributed by atoms with Gasteiger partial charge in [0.25, 0.3) is 0 Å². The zero-order chi connectivity index (χ0) is 18.3. The second-order valence-electron chi connectivity index (χ2n) is 8.02. The van der Waals surface area contributed by atoms with Crippen molar-refractivity contribution in [2.75, 3.05) is 20.1 Å². The van der Waals surface area contributed by atoms with Gasteiger partial charge in [0.15, 0.2) is 0 Å². The molecule has 1 amide bonds. The van der Waals surface area contributed by atoms with Crippen LogP contribution < -0.4 is 5.32 Å². The largest absolute Gasteiger partial charge is 0.465 e. The van der Waals surface area contributed by atoms with Gasteiger partial charge in [-0.25, -0.2) is 9.59 Å². The number of amides is 1. The second-order valence-corrected chi connectivity index (χ2v) is 8.02. The molecule has 0 aromatic rings. The van der Waals surface area contributed by atoms with Crippen molar-refractivity contribution in [2.45, 2.75) is 58.7 Å². The van der Waals surface area contributed by atoms with Crippen LogP contribution in [0, 0.1) is 5.92 Å². The van der Waals surface area contributed by atoms with Crippen LogP contribution in [-0.2, 0) is 9.53 Å². The van der Waals surface area contributed by atoms with Gasteiger partial charge in [-0.1, -0.05) is 13.8 Å². The van der Waals surface area contributed by atoms with Gasteiger partial charge in [0.05, 0.1) is 12.2 Å². The number of ether oxygens (including phenoxy) is 1. The van der Waals surface area contributed by atoms with Crippen LogP contribution in [0.4, 0.5) is 4.79 Å². The smallest absolute Gasteiger partial charge is 0.407 e. The van der Waals surface area contributed by atoms with Crippen molar-refractivity contribution in [1.29, 1.82) is 0 Å². The number of nitrogens with zero attached hydrogens (tertiary/aromatic N) is 2. The number of nitrogens with one attached hydrogen (secondary N) is 1. The van der Waals surface area contributed by atoms with Gasteiger partial charge in [-0.2, -0.15) is 0 Å². The first-order valence-electron chi connectivity index (χ1n) is 8.41. The molecule has 7 heteroatoms. The molecule has 136 valence electrons. The normalized spacial score (nSPS) is 24.1. The van der Waals surface area contributed by atoms with Crippen molar-refractivity contribution >= 4 is 12.1 Å². The zero-order valence-electron chi connectivity index (χ0n) is 15.5. The topological polar surface area (TPSA) is 82.1 Å². The lowest BCUT2D eigenvalue weighted by Crippen LogP contribution is -2.60. The van der Waals surface area contributed by atoms with Gasteiger partial charge in [0.2, 0.25) is 5.66 Å². The number of esters is 1. The van der Waals surface area contributed by atoms with E-state index >= 15 is 0 Å². The molecule has 1 unspecified atom stereocenters. The summed E-state index contributed by atoms with van der Waals surface area (Å²) in [4.78, 5) is 27.6. The van der Waals surface area contributed by atoms with Crippen molar-refractivity contribution in [1.82, 2.24) is 15.1 Å². The molecule has 0 aliphatic carbocycles. The van der Waals surface area contributed by atoms with Crippen molar-refractivity contribution < 1.29 is 19.4 Å². The molecule has 2 N–H and O–H groups in total. The summed E-state index contributed by atoms with van der Waals surface area (Å²) in [5.41, 5.74) is 0.247. The van der Waals surface area contributed by atoms with Crippen LogP contribution in [0.25, 0.3) is 0 Å². The standard InChI is InChI=1S/C17H29N3O4/c1-11(2)9-17(14(21)24-16(3,4)5)18-12-10-20(15(22)23)8-7-13(12)19(17)6/h11,18H,7-10H2,1-6H3,(H,22,23). The van der Waals surface area contributed by atoms with E-state index in [1.165, 1.54) is 4.90 Å². The van der Waals surface area contributed by atoms with E-state index < -0.39 is 17.4 Å². The van der Waals surface area contributed by atoms with Gasteiger partial charge >= 0.3 is 12.1 Å². The Morgan fingerprint density at radius 1 is 1.38 bits per heavy atom. The fraction of sp³-hybridized carbons (Fsp3) is 0.765. The molecule has 0 radical (unpaired) electrons. The lowest BCUT2D eigenvalue weighted by atomic mass is 9.96. The summed E-state index contributed by atoms with van der Waals surface area (Å²) in [5, 5.41) is 12.6. The first kappa shape index (κ1) is 18.4. The van der Waals surface area contributed by atoms with E-state index in [0.717, 1.165) is 11.4 Å². The number of carbonyl (C=O) groups is 2. The van der Waals surface area contributed by atoms with E-state index in [-0.39, 0.29) is 18.4 Å². The summed E-state index contributed by atoms with van der Waals surface area (Å²) < 4.78 is 5.68. The Labute approximate surface area is 143 Å². The van der Waals surface area contributed by atoms with E-state index in [9.17, 15) is 14.7 Å². The third-order valence-electron chi connectivity index (χ3n) is 4.36. The molecular weight excluding hydrogens is 310 g/mol. The number of carbonyl (C=O) groups excluding carboxylic acids is 1. The molecular formula is C17H29N3O4. The monoisotopic (exact) mass is 339 g/mol. The lowest BCUT2D eigenvalue weighted by Gasteiger charge is -2.39. The summed E-state index contributed by atoms with van der Waals surface area (Å²) in [6, 6.07) is 0. The third-order valence-corrected chi connectivity index (χ3v) is 4.36. The Balaban J connectivity index is 2.31. The van der Waals surface area contributed by atoms with Crippen LogP contribution >= 0.6 is 0 Å². The molecule has 2 heterocycles. The van der Waals surface area contributed by atoms with E-state index in [2.05, 4.69) is 19.2 Å². The highest BCUT2D eigenvalue weighted by molar-refractivity contribution is 5.82. The molecule has 0 fully saturated rings. The predicted octanol–water partition coefficient (Wildman–Crippen LogP) is 2.20. The number of carboxylic acid groups (broad SMARTS) is 1. The van der Waals surface area contributed by atoms with Crippen LogP contribution in [0.1, 0.15) is 47.5 Å². The Hall–Kier alpha value is -1.92. The number of hydrogen-bond donors (Lipinski definition) is 2. The minimum absolute atomic E-state index is 0.268. The molecule has 0 spiro atoms. The van der Waals surface area contributed by atoms with E-state index in [0.29, 0.717) is 19.4 Å². The first-order valence-corrected chi connectivity index (χ1v) is 8.41. The molecule has 2 aliphatic heterocycles. The Morgan fingerprint density at radius 3 is 2.50 bits per heavy atom. The highest BCUT2D eigenvalue weighted by Crippen LogP contribution is 2.37. The Morgan fingerprint density at radius 2 is 2.00 bits per heavy atom. The van der Waals surface area contributed by atoms with Gasteiger partial charge in [0.1, 0.15) is 5.60 Å². The third kappa shape index (κ3) is 3.44. The van der Waals surface area contributed by atoms with Gasteiger partial charge in [0, 0.05) is 32.1 Å². The maximum Gasteiger partial charge on any atom is 0.407 e. The summed E-state index contributed by atoms with van der Waals surface area (Å²) in [5.74, 6) is -0.0492. The molecule has 1 atom stereocenters. The number of likely N-dealkylation sites (N-methyl/N-ethyl adjacent to an activating group) is 1. The molecule has 0 saturated carbocycles. The average molecular weight is 339 g/mol. The summed E-state index contributed by atoms with van der Waals surface area (Å²) in [6.07, 6.45) is 0.233. The fourth-order valence-electron chi connectivity index (χ4n) is 3.37. The molecule has 0 saturated heterocycles. The summed E-state index contributed by atoms with van der Waals surface area (Å²) >= 11 is 0. The zero-order valence-corrected chi connectivity index (χ0v) is 15.5. The van der Waals surface area contributed by atoms with Crippen molar-refractivity contribution in [2.24, 2.45) is 5.92 Å². The first-order chi connectivity index (χ1) is 11.0. The highest BCUT2D eigenvalue weighted by Gasteiger charge is 2.52. The van der Waals surface area contributed by atoms with E-state index in [1.54, 1.807) is 0 Å². The van der Waals surface area contributed by atoms with Crippen LogP contribution in [-0.4, -0.2) is 58.4 Å². The molecule has 0 aromatic carbocycles. The van der Waals surface area contributed by atoms with Crippen LogP contribution in [0.5, 0.6) is 0 Å². The average Bonchev–Trinajstić information content (AvgIpc) is 2.69. The van der Waals surface area contributed by atoms with Gasteiger partial charge in [-0.3, -0.25) is 0 Å². The fourth-order valence-corrected chi connectivity index (χ4v) is 3.37. The lowest BCUT2D eigenvalue weighted by molar-refractivity contribution is -0.170. The van der Waals surface area contributed by atoms with Crippen molar-refractivity contribution in [3.63, 3.8) is 0 Å². The van der Waals surface area contributed by atoms with Gasteiger partial charge in [-0.05, 0) is 26.7 Å². The maximum atomic E-state index is 13.0. The molecule has 2 rings (SSSR count). The second kappa shape index (κ2) is 6.18. The molecule has 2 aliphatic rings. The molecule has 0 aromatic heterocycles.